The first-order chi connectivity index (χ1) is 9.16. The fourth-order valence-corrected chi connectivity index (χ4v) is 2.43. The number of hydrogen-bond acceptors (Lipinski definition) is 3. The quantitative estimate of drug-likeness (QED) is 0.867. The molecular formula is C15H23N3O. The molecule has 0 aromatic heterocycles. The van der Waals surface area contributed by atoms with Gasteiger partial charge in [0, 0.05) is 18.8 Å². The van der Waals surface area contributed by atoms with Gasteiger partial charge in [0.15, 0.2) is 0 Å². The van der Waals surface area contributed by atoms with E-state index in [2.05, 4.69) is 21.6 Å². The first kappa shape index (κ1) is 14.0. The van der Waals surface area contributed by atoms with Gasteiger partial charge in [-0.3, -0.25) is 4.79 Å². The molecule has 4 heteroatoms. The molecule has 4 nitrogen and oxygen atoms in total. The topological polar surface area (TPSA) is 44.4 Å². The highest BCUT2D eigenvalue weighted by atomic mass is 16.1. The first-order valence-corrected chi connectivity index (χ1v) is 6.91. The Hall–Kier alpha value is -1.39. The van der Waals surface area contributed by atoms with Gasteiger partial charge in [-0.1, -0.05) is 18.2 Å². The van der Waals surface area contributed by atoms with Crippen molar-refractivity contribution in [2.75, 3.05) is 32.5 Å². The average Bonchev–Trinajstić information content (AvgIpc) is 2.41. The van der Waals surface area contributed by atoms with Crippen LogP contribution in [0.2, 0.25) is 0 Å². The summed E-state index contributed by atoms with van der Waals surface area (Å²) < 4.78 is 0. The number of benzene rings is 1. The lowest BCUT2D eigenvalue weighted by atomic mass is 9.98. The number of carbonyl (C=O) groups is 1. The Bertz CT molecular complexity index is 425. The second-order valence-electron chi connectivity index (χ2n) is 5.43. The molecule has 1 aliphatic rings. The lowest BCUT2D eigenvalue weighted by Crippen LogP contribution is -2.37. The third-order valence-corrected chi connectivity index (χ3v) is 3.43. The molecule has 0 unspecified atom stereocenters. The number of hydrogen-bond donors (Lipinski definition) is 2. The van der Waals surface area contributed by atoms with Crippen LogP contribution in [-0.4, -0.2) is 38.0 Å². The smallest absolute Gasteiger partial charge is 0.228 e. The third kappa shape index (κ3) is 4.04. The van der Waals surface area contributed by atoms with Crippen molar-refractivity contribution >= 4 is 11.6 Å². The number of nitrogens with zero attached hydrogens (tertiary/aromatic N) is 1. The summed E-state index contributed by atoms with van der Waals surface area (Å²) in [5, 5.41) is 6.36. The molecule has 0 bridgehead atoms. The summed E-state index contributed by atoms with van der Waals surface area (Å²) in [5.41, 5.74) is 2.09. The highest BCUT2D eigenvalue weighted by molar-refractivity contribution is 5.93. The number of piperidine rings is 1. The predicted molar refractivity (Wildman–Crippen MR) is 78.1 cm³/mol. The molecule has 1 saturated heterocycles. The normalized spacial score (nSPS) is 19.4. The summed E-state index contributed by atoms with van der Waals surface area (Å²) in [6, 6.07) is 8.02. The predicted octanol–water partition coefficient (Wildman–Crippen LogP) is 1.69. The molecule has 19 heavy (non-hydrogen) atoms. The summed E-state index contributed by atoms with van der Waals surface area (Å²) in [6.45, 7) is 2.65. The lowest BCUT2D eigenvalue weighted by Gasteiger charge is -2.23. The Morgan fingerprint density at radius 3 is 2.89 bits per heavy atom. The molecule has 104 valence electrons. The first-order valence-electron chi connectivity index (χ1n) is 6.91. The molecule has 1 aromatic carbocycles. The van der Waals surface area contributed by atoms with Crippen LogP contribution in [0.15, 0.2) is 24.3 Å². The van der Waals surface area contributed by atoms with Crippen molar-refractivity contribution in [1.29, 1.82) is 0 Å². The number of nitrogens with one attached hydrogen (secondary N) is 2. The molecule has 1 amide bonds. The molecule has 0 saturated carbocycles. The Morgan fingerprint density at radius 2 is 2.21 bits per heavy atom. The van der Waals surface area contributed by atoms with Crippen LogP contribution in [0.5, 0.6) is 0 Å². The van der Waals surface area contributed by atoms with Crippen molar-refractivity contribution in [2.24, 2.45) is 5.92 Å². The monoisotopic (exact) mass is 261 g/mol. The van der Waals surface area contributed by atoms with Crippen molar-refractivity contribution in [3.63, 3.8) is 0 Å². The van der Waals surface area contributed by atoms with Gasteiger partial charge in [-0.2, -0.15) is 0 Å². The highest BCUT2D eigenvalue weighted by Crippen LogP contribution is 2.19. The maximum atomic E-state index is 12.2. The largest absolute Gasteiger partial charge is 0.326 e. The third-order valence-electron chi connectivity index (χ3n) is 3.43. The summed E-state index contributed by atoms with van der Waals surface area (Å²) in [5.74, 6) is 0.236. The van der Waals surface area contributed by atoms with E-state index in [1.165, 1.54) is 0 Å². The molecule has 1 aliphatic heterocycles. The molecule has 2 N–H and O–H groups in total. The fourth-order valence-electron chi connectivity index (χ4n) is 2.43. The number of rotatable bonds is 4. The Kier molecular flexibility index (Phi) is 4.93. The van der Waals surface area contributed by atoms with Crippen molar-refractivity contribution in [1.82, 2.24) is 10.2 Å². The van der Waals surface area contributed by atoms with Crippen molar-refractivity contribution < 1.29 is 4.79 Å². The molecule has 1 heterocycles. The molecule has 0 spiro atoms. The Morgan fingerprint density at radius 1 is 1.42 bits per heavy atom. The van der Waals surface area contributed by atoms with Crippen LogP contribution in [0.1, 0.15) is 18.4 Å². The van der Waals surface area contributed by atoms with E-state index in [0.717, 1.165) is 43.7 Å². The highest BCUT2D eigenvalue weighted by Gasteiger charge is 2.21. The number of amides is 1. The minimum absolute atomic E-state index is 0.0983. The Balaban J connectivity index is 2.03. The number of para-hydroxylation sites is 1. The molecule has 1 atom stereocenters. The fraction of sp³-hybridized carbons (Fsp3) is 0.533. The zero-order chi connectivity index (χ0) is 13.7. The van der Waals surface area contributed by atoms with Crippen LogP contribution >= 0.6 is 0 Å². The van der Waals surface area contributed by atoms with Crippen molar-refractivity contribution in [3.8, 4) is 0 Å². The van der Waals surface area contributed by atoms with Gasteiger partial charge in [0.1, 0.15) is 0 Å². The minimum Gasteiger partial charge on any atom is -0.326 e. The molecule has 2 rings (SSSR count). The lowest BCUT2D eigenvalue weighted by molar-refractivity contribution is -0.120. The van der Waals surface area contributed by atoms with Crippen LogP contribution in [0.3, 0.4) is 0 Å². The van der Waals surface area contributed by atoms with Gasteiger partial charge in [0.25, 0.3) is 0 Å². The van der Waals surface area contributed by atoms with E-state index in [-0.39, 0.29) is 11.8 Å². The standard InChI is InChI=1S/C15H23N3O/c1-18(2)11-13-6-3-4-8-14(13)17-15(19)12-7-5-9-16-10-12/h3-4,6,8,12,16H,5,7,9-11H2,1-2H3,(H,17,19)/t12-/m0/s1. The maximum absolute atomic E-state index is 12.2. The molecule has 0 radical (unpaired) electrons. The van der Waals surface area contributed by atoms with Crippen LogP contribution < -0.4 is 10.6 Å². The van der Waals surface area contributed by atoms with E-state index >= 15 is 0 Å². The summed E-state index contributed by atoms with van der Waals surface area (Å²) in [7, 11) is 4.06. The second-order valence-corrected chi connectivity index (χ2v) is 5.43. The Labute approximate surface area is 115 Å². The summed E-state index contributed by atoms with van der Waals surface area (Å²) >= 11 is 0. The van der Waals surface area contributed by atoms with Crippen molar-refractivity contribution in [2.45, 2.75) is 19.4 Å². The minimum atomic E-state index is 0.0983. The summed E-state index contributed by atoms with van der Waals surface area (Å²) in [6.07, 6.45) is 2.06. The van der Waals surface area contributed by atoms with Gasteiger partial charge in [0.2, 0.25) is 5.91 Å². The van der Waals surface area contributed by atoms with Gasteiger partial charge in [-0.25, -0.2) is 0 Å². The molecular weight excluding hydrogens is 238 g/mol. The zero-order valence-corrected chi connectivity index (χ0v) is 11.8. The van der Waals surface area contributed by atoms with Gasteiger partial charge >= 0.3 is 0 Å². The van der Waals surface area contributed by atoms with Crippen LogP contribution in [-0.2, 0) is 11.3 Å². The zero-order valence-electron chi connectivity index (χ0n) is 11.8. The van der Waals surface area contributed by atoms with E-state index < -0.39 is 0 Å². The van der Waals surface area contributed by atoms with Gasteiger partial charge < -0.3 is 15.5 Å². The van der Waals surface area contributed by atoms with E-state index in [0.29, 0.717) is 0 Å². The van der Waals surface area contributed by atoms with Gasteiger partial charge in [0.05, 0.1) is 5.92 Å². The maximum Gasteiger partial charge on any atom is 0.228 e. The van der Waals surface area contributed by atoms with E-state index in [1.807, 2.05) is 32.3 Å². The summed E-state index contributed by atoms with van der Waals surface area (Å²) in [4.78, 5) is 14.3. The van der Waals surface area contributed by atoms with E-state index in [1.54, 1.807) is 0 Å². The van der Waals surface area contributed by atoms with Crippen LogP contribution in [0, 0.1) is 5.92 Å². The average molecular weight is 261 g/mol. The molecule has 0 aliphatic carbocycles. The number of anilines is 1. The van der Waals surface area contributed by atoms with E-state index in [9.17, 15) is 4.79 Å². The van der Waals surface area contributed by atoms with Crippen LogP contribution in [0.25, 0.3) is 0 Å². The SMILES string of the molecule is CN(C)Cc1ccccc1NC(=O)[C@H]1CCCNC1. The van der Waals surface area contributed by atoms with E-state index in [4.69, 9.17) is 0 Å². The molecule has 1 fully saturated rings. The molecule has 1 aromatic rings. The number of carbonyl (C=O) groups excluding carboxylic acids is 1. The van der Waals surface area contributed by atoms with Gasteiger partial charge in [-0.05, 0) is 45.1 Å². The van der Waals surface area contributed by atoms with Crippen LogP contribution in [0.4, 0.5) is 5.69 Å². The van der Waals surface area contributed by atoms with Crippen molar-refractivity contribution in [3.05, 3.63) is 29.8 Å². The second kappa shape index (κ2) is 6.68. The van der Waals surface area contributed by atoms with Gasteiger partial charge in [-0.15, -0.1) is 0 Å².